The minimum Gasteiger partial charge on any atom is -0.478 e. The van der Waals surface area contributed by atoms with E-state index in [1.54, 1.807) is 6.08 Å². The summed E-state index contributed by atoms with van der Waals surface area (Å²) in [6.45, 7) is 0.428. The van der Waals surface area contributed by atoms with Crippen molar-refractivity contribution in [1.29, 1.82) is 0 Å². The van der Waals surface area contributed by atoms with E-state index in [1.807, 2.05) is 0 Å². The van der Waals surface area contributed by atoms with Gasteiger partial charge < -0.3 is 9.84 Å². The summed E-state index contributed by atoms with van der Waals surface area (Å²) in [4.78, 5) is 10.1. The molecule has 13 heavy (non-hydrogen) atoms. The van der Waals surface area contributed by atoms with Crippen LogP contribution in [0, 0.1) is 0 Å². The van der Waals surface area contributed by atoms with E-state index in [0.29, 0.717) is 12.7 Å². The molecule has 74 valence electrons. The standard InChI is InChI=1S/C10H16O3/c11-10(12)7-4-8-13-9-5-2-1-3-6-9/h4,7,9H,1-3,5-6,8H2,(H,11,12). The van der Waals surface area contributed by atoms with Crippen LogP contribution in [0.3, 0.4) is 0 Å². The number of aliphatic carboxylic acids is 1. The molecule has 0 bridgehead atoms. The minimum atomic E-state index is -0.910. The first-order valence-corrected chi connectivity index (χ1v) is 4.80. The zero-order chi connectivity index (χ0) is 9.52. The average molecular weight is 184 g/mol. The first-order valence-electron chi connectivity index (χ1n) is 4.80. The fraction of sp³-hybridized carbons (Fsp3) is 0.700. The van der Waals surface area contributed by atoms with Gasteiger partial charge in [0.25, 0.3) is 0 Å². The maximum absolute atomic E-state index is 10.1. The molecule has 1 aliphatic carbocycles. The van der Waals surface area contributed by atoms with Crippen molar-refractivity contribution in [1.82, 2.24) is 0 Å². The molecule has 0 amide bonds. The Bertz CT molecular complexity index is 181. The third-order valence-electron chi connectivity index (χ3n) is 2.24. The molecular weight excluding hydrogens is 168 g/mol. The van der Waals surface area contributed by atoms with Gasteiger partial charge in [0.15, 0.2) is 0 Å². The number of hydrogen-bond donors (Lipinski definition) is 1. The Balaban J connectivity index is 2.07. The number of carboxylic acid groups (broad SMARTS) is 1. The Morgan fingerprint density at radius 1 is 1.38 bits per heavy atom. The smallest absolute Gasteiger partial charge is 0.328 e. The average Bonchev–Trinajstić information content (AvgIpc) is 2.14. The highest BCUT2D eigenvalue weighted by molar-refractivity contribution is 5.79. The number of hydrogen-bond acceptors (Lipinski definition) is 2. The molecule has 0 atom stereocenters. The van der Waals surface area contributed by atoms with Crippen LogP contribution in [0.4, 0.5) is 0 Å². The molecule has 0 heterocycles. The zero-order valence-corrected chi connectivity index (χ0v) is 7.74. The zero-order valence-electron chi connectivity index (χ0n) is 7.74. The third-order valence-corrected chi connectivity index (χ3v) is 2.24. The maximum atomic E-state index is 10.1. The molecule has 0 aromatic heterocycles. The van der Waals surface area contributed by atoms with Crippen molar-refractivity contribution in [2.45, 2.75) is 38.2 Å². The molecule has 1 rings (SSSR count). The molecule has 3 heteroatoms. The first-order chi connectivity index (χ1) is 6.29. The molecule has 1 N–H and O–H groups in total. The van der Waals surface area contributed by atoms with Gasteiger partial charge in [0.2, 0.25) is 0 Å². The molecule has 0 aromatic carbocycles. The summed E-state index contributed by atoms with van der Waals surface area (Å²) in [6.07, 6.45) is 9.08. The number of rotatable bonds is 4. The quantitative estimate of drug-likeness (QED) is 0.679. The Morgan fingerprint density at radius 3 is 2.69 bits per heavy atom. The second kappa shape index (κ2) is 5.75. The Morgan fingerprint density at radius 2 is 2.08 bits per heavy atom. The van der Waals surface area contributed by atoms with Crippen LogP contribution in [-0.2, 0) is 9.53 Å². The summed E-state index contributed by atoms with van der Waals surface area (Å²) < 4.78 is 5.48. The molecular formula is C10H16O3. The van der Waals surface area contributed by atoms with Crippen LogP contribution in [0.1, 0.15) is 32.1 Å². The molecule has 0 saturated heterocycles. The molecule has 1 fully saturated rings. The highest BCUT2D eigenvalue weighted by Crippen LogP contribution is 2.19. The van der Waals surface area contributed by atoms with Crippen LogP contribution in [0.15, 0.2) is 12.2 Å². The van der Waals surface area contributed by atoms with Gasteiger partial charge in [-0.15, -0.1) is 0 Å². The fourth-order valence-electron chi connectivity index (χ4n) is 1.57. The van der Waals surface area contributed by atoms with Gasteiger partial charge in [-0.25, -0.2) is 4.79 Å². The van der Waals surface area contributed by atoms with Crippen molar-refractivity contribution in [2.24, 2.45) is 0 Å². The predicted octanol–water partition coefficient (Wildman–Crippen LogP) is 1.98. The van der Waals surface area contributed by atoms with Gasteiger partial charge in [-0.3, -0.25) is 0 Å². The van der Waals surface area contributed by atoms with E-state index < -0.39 is 5.97 Å². The van der Waals surface area contributed by atoms with Gasteiger partial charge in [-0.1, -0.05) is 25.3 Å². The second-order valence-electron chi connectivity index (χ2n) is 3.33. The molecule has 0 radical (unpaired) electrons. The van der Waals surface area contributed by atoms with Gasteiger partial charge in [-0.05, 0) is 12.8 Å². The minimum absolute atomic E-state index is 0.354. The van der Waals surface area contributed by atoms with Gasteiger partial charge in [0, 0.05) is 6.08 Å². The predicted molar refractivity (Wildman–Crippen MR) is 49.6 cm³/mol. The maximum Gasteiger partial charge on any atom is 0.328 e. The van der Waals surface area contributed by atoms with E-state index >= 15 is 0 Å². The van der Waals surface area contributed by atoms with Crippen LogP contribution in [0.25, 0.3) is 0 Å². The molecule has 3 nitrogen and oxygen atoms in total. The second-order valence-corrected chi connectivity index (χ2v) is 3.33. The lowest BCUT2D eigenvalue weighted by Crippen LogP contribution is -2.16. The molecule has 0 unspecified atom stereocenters. The summed E-state index contributed by atoms with van der Waals surface area (Å²) in [5, 5.41) is 8.31. The highest BCUT2D eigenvalue weighted by atomic mass is 16.5. The Hall–Kier alpha value is -0.830. The summed E-state index contributed by atoms with van der Waals surface area (Å²) in [6, 6.07) is 0. The summed E-state index contributed by atoms with van der Waals surface area (Å²) in [5.41, 5.74) is 0. The molecule has 1 saturated carbocycles. The summed E-state index contributed by atoms with van der Waals surface area (Å²) in [5.74, 6) is -0.910. The van der Waals surface area contributed by atoms with Gasteiger partial charge in [-0.2, -0.15) is 0 Å². The SMILES string of the molecule is O=C(O)C=CCOC1CCCCC1. The Labute approximate surface area is 78.4 Å². The van der Waals surface area contributed by atoms with E-state index in [-0.39, 0.29) is 0 Å². The largest absolute Gasteiger partial charge is 0.478 e. The van der Waals surface area contributed by atoms with Crippen molar-refractivity contribution in [3.8, 4) is 0 Å². The topological polar surface area (TPSA) is 46.5 Å². The number of carbonyl (C=O) groups is 1. The van der Waals surface area contributed by atoms with Crippen LogP contribution in [0.5, 0.6) is 0 Å². The molecule has 0 spiro atoms. The van der Waals surface area contributed by atoms with E-state index in [0.717, 1.165) is 18.9 Å². The van der Waals surface area contributed by atoms with Gasteiger partial charge in [0.1, 0.15) is 0 Å². The van der Waals surface area contributed by atoms with E-state index in [9.17, 15) is 4.79 Å². The lowest BCUT2D eigenvalue weighted by atomic mass is 9.98. The third kappa shape index (κ3) is 4.68. The van der Waals surface area contributed by atoms with Crippen molar-refractivity contribution < 1.29 is 14.6 Å². The fourth-order valence-corrected chi connectivity index (χ4v) is 1.57. The Kier molecular flexibility index (Phi) is 4.54. The van der Waals surface area contributed by atoms with E-state index in [4.69, 9.17) is 9.84 Å². The van der Waals surface area contributed by atoms with Crippen LogP contribution in [0.2, 0.25) is 0 Å². The number of carboxylic acids is 1. The van der Waals surface area contributed by atoms with Gasteiger partial charge in [0.05, 0.1) is 12.7 Å². The van der Waals surface area contributed by atoms with E-state index in [1.165, 1.54) is 19.3 Å². The summed E-state index contributed by atoms with van der Waals surface area (Å²) in [7, 11) is 0. The van der Waals surface area contributed by atoms with Crippen LogP contribution in [-0.4, -0.2) is 23.8 Å². The molecule has 0 aliphatic heterocycles. The van der Waals surface area contributed by atoms with Crippen molar-refractivity contribution in [2.75, 3.05) is 6.61 Å². The molecule has 0 aromatic rings. The van der Waals surface area contributed by atoms with Crippen molar-refractivity contribution in [3.63, 3.8) is 0 Å². The molecule has 1 aliphatic rings. The highest BCUT2D eigenvalue weighted by Gasteiger charge is 2.12. The van der Waals surface area contributed by atoms with E-state index in [2.05, 4.69) is 0 Å². The lowest BCUT2D eigenvalue weighted by Gasteiger charge is -2.20. The van der Waals surface area contributed by atoms with Crippen LogP contribution < -0.4 is 0 Å². The van der Waals surface area contributed by atoms with Gasteiger partial charge >= 0.3 is 5.97 Å². The number of ether oxygens (including phenoxy) is 1. The van der Waals surface area contributed by atoms with Crippen molar-refractivity contribution in [3.05, 3.63) is 12.2 Å². The van der Waals surface area contributed by atoms with Crippen molar-refractivity contribution >= 4 is 5.97 Å². The monoisotopic (exact) mass is 184 g/mol. The van der Waals surface area contributed by atoms with Crippen LogP contribution >= 0.6 is 0 Å². The first kappa shape index (κ1) is 10.3. The summed E-state index contributed by atoms with van der Waals surface area (Å²) >= 11 is 0. The lowest BCUT2D eigenvalue weighted by molar-refractivity contribution is -0.131. The normalized spacial score (nSPS) is 19.4.